The Bertz CT molecular complexity index is 496. The van der Waals surface area contributed by atoms with Gasteiger partial charge in [-0.05, 0) is 49.1 Å². The number of nitrogens with one attached hydrogen (secondary N) is 1. The van der Waals surface area contributed by atoms with Crippen LogP contribution in [0.25, 0.3) is 0 Å². The molecular weight excluding hydrogens is 286 g/mol. The number of rotatable bonds is 4. The summed E-state index contributed by atoms with van der Waals surface area (Å²) in [6, 6.07) is 1.73. The van der Waals surface area contributed by atoms with Gasteiger partial charge in [-0.25, -0.2) is 0 Å². The molecule has 0 saturated heterocycles. The lowest BCUT2D eigenvalue weighted by molar-refractivity contribution is -0.111. The summed E-state index contributed by atoms with van der Waals surface area (Å²) in [6.07, 6.45) is 5.13. The molecular formula is C17H26ClNO2. The van der Waals surface area contributed by atoms with E-state index in [4.69, 9.17) is 11.6 Å². The molecule has 0 fully saturated rings. The van der Waals surface area contributed by atoms with E-state index < -0.39 is 0 Å². The van der Waals surface area contributed by atoms with Crippen molar-refractivity contribution in [1.82, 2.24) is 0 Å². The molecule has 1 aromatic rings. The van der Waals surface area contributed by atoms with Crippen LogP contribution in [0.4, 0.5) is 5.69 Å². The van der Waals surface area contributed by atoms with Gasteiger partial charge in [0.2, 0.25) is 5.91 Å². The highest BCUT2D eigenvalue weighted by molar-refractivity contribution is 6.34. The lowest BCUT2D eigenvalue weighted by Crippen LogP contribution is -2.10. The van der Waals surface area contributed by atoms with Gasteiger partial charge in [0.25, 0.3) is 0 Å². The van der Waals surface area contributed by atoms with Gasteiger partial charge < -0.3 is 10.4 Å². The first-order chi connectivity index (χ1) is 9.96. The van der Waals surface area contributed by atoms with Crippen LogP contribution in [0.3, 0.4) is 0 Å². The van der Waals surface area contributed by atoms with E-state index in [1.165, 1.54) is 12.5 Å². The third kappa shape index (κ3) is 5.90. The number of carbonyl (C=O) groups is 1. The first kappa shape index (κ1) is 19.7. The second-order valence-electron chi connectivity index (χ2n) is 4.71. The highest BCUT2D eigenvalue weighted by atomic mass is 35.5. The van der Waals surface area contributed by atoms with Crippen LogP contribution in [0.15, 0.2) is 18.2 Å². The molecule has 0 bridgehead atoms. The Kier molecular flexibility index (Phi) is 9.76. The highest BCUT2D eigenvalue weighted by Crippen LogP contribution is 2.31. The quantitative estimate of drug-likeness (QED) is 0.796. The number of hydrogen-bond donors (Lipinski definition) is 2. The van der Waals surface area contributed by atoms with Gasteiger partial charge in [-0.1, -0.05) is 44.9 Å². The van der Waals surface area contributed by atoms with E-state index in [2.05, 4.69) is 19.2 Å². The molecule has 0 atom stereocenters. The van der Waals surface area contributed by atoms with Crippen LogP contribution in [-0.4, -0.2) is 11.0 Å². The Morgan fingerprint density at radius 2 is 1.95 bits per heavy atom. The van der Waals surface area contributed by atoms with Crippen molar-refractivity contribution in [2.75, 3.05) is 5.32 Å². The molecule has 118 valence electrons. The average molecular weight is 312 g/mol. The predicted molar refractivity (Wildman–Crippen MR) is 90.9 cm³/mol. The maximum atomic E-state index is 11.5. The summed E-state index contributed by atoms with van der Waals surface area (Å²) in [4.78, 5) is 11.5. The zero-order chi connectivity index (χ0) is 16.4. The number of hydrogen-bond acceptors (Lipinski definition) is 2. The normalized spacial score (nSPS) is 10.2. The van der Waals surface area contributed by atoms with Crippen LogP contribution in [0.5, 0.6) is 0 Å². The SMILES string of the molecule is C/C=C/C(=O)Nc1cc(CO)c(CC)c(C)c1Cl.CCC. The van der Waals surface area contributed by atoms with Gasteiger partial charge in [-0.15, -0.1) is 0 Å². The van der Waals surface area contributed by atoms with E-state index >= 15 is 0 Å². The Morgan fingerprint density at radius 1 is 1.38 bits per heavy atom. The van der Waals surface area contributed by atoms with Crippen molar-refractivity contribution in [3.05, 3.63) is 39.9 Å². The maximum Gasteiger partial charge on any atom is 0.248 e. The first-order valence-corrected chi connectivity index (χ1v) is 7.69. The molecule has 1 rings (SSSR count). The molecule has 1 aromatic carbocycles. The Hall–Kier alpha value is -1.32. The number of amides is 1. The van der Waals surface area contributed by atoms with Crippen molar-refractivity contribution in [3.8, 4) is 0 Å². The fraction of sp³-hybridized carbons (Fsp3) is 0.471. The lowest BCUT2D eigenvalue weighted by atomic mass is 9.99. The molecule has 1 amide bonds. The van der Waals surface area contributed by atoms with Crippen molar-refractivity contribution in [1.29, 1.82) is 0 Å². The van der Waals surface area contributed by atoms with E-state index in [0.717, 1.165) is 23.1 Å². The zero-order valence-electron chi connectivity index (χ0n) is 13.6. The van der Waals surface area contributed by atoms with Crippen molar-refractivity contribution < 1.29 is 9.90 Å². The summed E-state index contributed by atoms with van der Waals surface area (Å²) in [6.45, 7) is 9.86. The number of halogens is 1. The fourth-order valence-electron chi connectivity index (χ4n) is 1.95. The predicted octanol–water partition coefficient (Wildman–Crippen LogP) is 4.63. The van der Waals surface area contributed by atoms with E-state index in [9.17, 15) is 9.90 Å². The molecule has 21 heavy (non-hydrogen) atoms. The summed E-state index contributed by atoms with van der Waals surface area (Å²) in [5.74, 6) is -0.230. The molecule has 3 nitrogen and oxygen atoms in total. The van der Waals surface area contributed by atoms with Gasteiger partial charge in [0, 0.05) is 0 Å². The summed E-state index contributed by atoms with van der Waals surface area (Å²) >= 11 is 6.23. The third-order valence-corrected chi connectivity index (χ3v) is 3.31. The minimum Gasteiger partial charge on any atom is -0.392 e. The largest absolute Gasteiger partial charge is 0.392 e. The average Bonchev–Trinajstić information content (AvgIpc) is 2.44. The van der Waals surface area contributed by atoms with Gasteiger partial charge in [0.1, 0.15) is 0 Å². The Labute approximate surface area is 133 Å². The van der Waals surface area contributed by atoms with Gasteiger partial charge in [-0.3, -0.25) is 4.79 Å². The molecule has 0 aliphatic heterocycles. The molecule has 0 aliphatic rings. The second-order valence-corrected chi connectivity index (χ2v) is 5.09. The molecule has 0 aliphatic carbocycles. The zero-order valence-corrected chi connectivity index (χ0v) is 14.3. The van der Waals surface area contributed by atoms with Crippen LogP contribution in [0, 0.1) is 6.92 Å². The van der Waals surface area contributed by atoms with Crippen LogP contribution in [0.1, 0.15) is 50.8 Å². The molecule has 0 unspecified atom stereocenters. The molecule has 0 heterocycles. The number of anilines is 1. The lowest BCUT2D eigenvalue weighted by Gasteiger charge is -2.15. The van der Waals surface area contributed by atoms with Crippen molar-refractivity contribution in [2.45, 2.75) is 54.1 Å². The molecule has 0 saturated carbocycles. The molecule has 4 heteroatoms. The highest BCUT2D eigenvalue weighted by Gasteiger charge is 2.13. The van der Waals surface area contributed by atoms with Gasteiger partial charge in [-0.2, -0.15) is 0 Å². The molecule has 0 radical (unpaired) electrons. The Morgan fingerprint density at radius 3 is 2.38 bits per heavy atom. The number of aliphatic hydroxyl groups excluding tert-OH is 1. The standard InChI is InChI=1S/C14H18ClNO2.C3H8/c1-4-6-13(18)16-12-7-10(8-17)11(5-2)9(3)14(12)15;1-3-2/h4,6-7,17H,5,8H2,1-3H3,(H,16,18);3H2,1-2H3/b6-4+;. The second kappa shape index (κ2) is 10.4. The topological polar surface area (TPSA) is 49.3 Å². The van der Waals surface area contributed by atoms with E-state index in [-0.39, 0.29) is 12.5 Å². The van der Waals surface area contributed by atoms with Gasteiger partial charge >= 0.3 is 0 Å². The van der Waals surface area contributed by atoms with Gasteiger partial charge in [0.05, 0.1) is 17.3 Å². The minimum atomic E-state index is -0.230. The monoisotopic (exact) mass is 311 g/mol. The summed E-state index contributed by atoms with van der Waals surface area (Å²) in [5, 5.41) is 12.6. The third-order valence-electron chi connectivity index (χ3n) is 2.82. The van der Waals surface area contributed by atoms with Crippen molar-refractivity contribution in [3.63, 3.8) is 0 Å². The molecule has 2 N–H and O–H groups in total. The van der Waals surface area contributed by atoms with Gasteiger partial charge in [0.15, 0.2) is 0 Å². The minimum absolute atomic E-state index is 0.0618. The summed E-state index contributed by atoms with van der Waals surface area (Å²) < 4.78 is 0. The maximum absolute atomic E-state index is 11.5. The summed E-state index contributed by atoms with van der Waals surface area (Å²) in [5.41, 5.74) is 3.28. The van der Waals surface area contributed by atoms with E-state index in [1.54, 1.807) is 19.1 Å². The fourth-order valence-corrected chi connectivity index (χ4v) is 2.17. The van der Waals surface area contributed by atoms with E-state index in [0.29, 0.717) is 10.7 Å². The van der Waals surface area contributed by atoms with Crippen LogP contribution >= 0.6 is 11.6 Å². The Balaban J connectivity index is 0.00000122. The number of allylic oxidation sites excluding steroid dienone is 1. The summed E-state index contributed by atoms with van der Waals surface area (Å²) in [7, 11) is 0. The van der Waals surface area contributed by atoms with Crippen LogP contribution in [0.2, 0.25) is 5.02 Å². The number of benzene rings is 1. The number of carbonyl (C=O) groups excluding carboxylic acids is 1. The van der Waals surface area contributed by atoms with Crippen LogP contribution < -0.4 is 5.32 Å². The first-order valence-electron chi connectivity index (χ1n) is 7.31. The molecule has 0 aromatic heterocycles. The smallest absolute Gasteiger partial charge is 0.248 e. The van der Waals surface area contributed by atoms with Crippen LogP contribution in [-0.2, 0) is 17.8 Å². The van der Waals surface area contributed by atoms with Crippen molar-refractivity contribution >= 4 is 23.2 Å². The number of aliphatic hydroxyl groups is 1. The van der Waals surface area contributed by atoms with E-state index in [1.807, 2.05) is 13.8 Å². The van der Waals surface area contributed by atoms with Crippen molar-refractivity contribution in [2.24, 2.45) is 0 Å². The molecule has 0 spiro atoms.